The Morgan fingerprint density at radius 3 is 2.47 bits per heavy atom. The van der Waals surface area contributed by atoms with E-state index in [0.717, 1.165) is 17.5 Å². The van der Waals surface area contributed by atoms with Gasteiger partial charge in [0.1, 0.15) is 0 Å². The molecule has 1 heterocycles. The molecule has 17 heavy (non-hydrogen) atoms. The van der Waals surface area contributed by atoms with Crippen LogP contribution in [0.4, 0.5) is 0 Å². The van der Waals surface area contributed by atoms with E-state index in [0.29, 0.717) is 0 Å². The summed E-state index contributed by atoms with van der Waals surface area (Å²) in [5, 5.41) is 3.91. The first kappa shape index (κ1) is 12.0. The highest BCUT2D eigenvalue weighted by Gasteiger charge is 2.46. The Kier molecular flexibility index (Phi) is 3.45. The number of nitrogens with one attached hydrogen (secondary N) is 1. The average Bonchev–Trinajstić information content (AvgIpc) is 2.75. The summed E-state index contributed by atoms with van der Waals surface area (Å²) >= 11 is 0. The van der Waals surface area contributed by atoms with Crippen molar-refractivity contribution in [3.8, 4) is 0 Å². The molecule has 2 aliphatic carbocycles. The molecule has 98 valence electrons. The topological polar surface area (TPSA) is 15.3 Å². The molecule has 1 saturated heterocycles. The number of likely N-dealkylation sites (tertiary alicyclic amines) is 1. The minimum atomic E-state index is 0.732. The molecule has 3 fully saturated rings. The number of rotatable bonds is 3. The SMILES string of the molecule is CN1CCCC1CNC1CCC12CCCCC2. The maximum absolute atomic E-state index is 3.91. The molecule has 0 aromatic carbocycles. The molecule has 2 atom stereocenters. The second kappa shape index (κ2) is 4.89. The normalized spacial score (nSPS) is 37.2. The third-order valence-electron chi connectivity index (χ3n) is 5.79. The van der Waals surface area contributed by atoms with Gasteiger partial charge in [-0.3, -0.25) is 0 Å². The molecule has 3 aliphatic rings. The molecule has 0 amide bonds. The van der Waals surface area contributed by atoms with Crippen molar-refractivity contribution in [2.75, 3.05) is 20.1 Å². The van der Waals surface area contributed by atoms with Gasteiger partial charge in [0.2, 0.25) is 0 Å². The molecule has 1 N–H and O–H groups in total. The summed E-state index contributed by atoms with van der Waals surface area (Å²) in [7, 11) is 2.29. The Hall–Kier alpha value is -0.0800. The molecular formula is C15H28N2. The van der Waals surface area contributed by atoms with Crippen molar-refractivity contribution in [1.29, 1.82) is 0 Å². The van der Waals surface area contributed by atoms with Crippen molar-refractivity contribution >= 4 is 0 Å². The van der Waals surface area contributed by atoms with Crippen molar-refractivity contribution in [2.24, 2.45) is 5.41 Å². The second-order valence-corrected chi connectivity index (χ2v) is 6.70. The summed E-state index contributed by atoms with van der Waals surface area (Å²) in [6.45, 7) is 2.55. The van der Waals surface area contributed by atoms with Gasteiger partial charge in [0.15, 0.2) is 0 Å². The maximum atomic E-state index is 3.91. The van der Waals surface area contributed by atoms with Crippen LogP contribution in [-0.2, 0) is 0 Å². The molecule has 0 radical (unpaired) electrons. The summed E-state index contributed by atoms with van der Waals surface area (Å²) in [6.07, 6.45) is 13.2. The van der Waals surface area contributed by atoms with Crippen LogP contribution in [0.1, 0.15) is 57.8 Å². The Morgan fingerprint density at radius 1 is 1.06 bits per heavy atom. The predicted octanol–water partition coefficient (Wildman–Crippen LogP) is 2.78. The monoisotopic (exact) mass is 236 g/mol. The summed E-state index contributed by atoms with van der Waals surface area (Å²) < 4.78 is 0. The van der Waals surface area contributed by atoms with Gasteiger partial charge >= 0.3 is 0 Å². The summed E-state index contributed by atoms with van der Waals surface area (Å²) in [4.78, 5) is 2.54. The van der Waals surface area contributed by atoms with Crippen molar-refractivity contribution < 1.29 is 0 Å². The molecule has 0 bridgehead atoms. The van der Waals surface area contributed by atoms with Crippen LogP contribution in [0.15, 0.2) is 0 Å². The molecule has 2 nitrogen and oxygen atoms in total. The van der Waals surface area contributed by atoms with Gasteiger partial charge in [-0.25, -0.2) is 0 Å². The fourth-order valence-electron chi connectivity index (χ4n) is 4.39. The molecule has 0 aromatic rings. The van der Waals surface area contributed by atoms with Gasteiger partial charge in [0, 0.05) is 18.6 Å². The molecule has 2 unspecified atom stereocenters. The lowest BCUT2D eigenvalue weighted by molar-refractivity contribution is 0.0204. The van der Waals surface area contributed by atoms with Crippen LogP contribution in [0.2, 0.25) is 0 Å². The highest BCUT2D eigenvalue weighted by atomic mass is 15.2. The van der Waals surface area contributed by atoms with Crippen LogP contribution in [0, 0.1) is 5.41 Å². The molecule has 0 aromatic heterocycles. The van der Waals surface area contributed by atoms with Gasteiger partial charge < -0.3 is 10.2 Å². The predicted molar refractivity (Wildman–Crippen MR) is 72.2 cm³/mol. The third kappa shape index (κ3) is 2.26. The maximum Gasteiger partial charge on any atom is 0.0218 e. The lowest BCUT2D eigenvalue weighted by atomic mass is 9.57. The smallest absolute Gasteiger partial charge is 0.0218 e. The fraction of sp³-hybridized carbons (Fsp3) is 1.00. The van der Waals surface area contributed by atoms with Crippen LogP contribution in [0.25, 0.3) is 0 Å². The minimum absolute atomic E-state index is 0.732. The Labute approximate surface area is 106 Å². The van der Waals surface area contributed by atoms with Gasteiger partial charge in [0.25, 0.3) is 0 Å². The van der Waals surface area contributed by atoms with Gasteiger partial charge in [-0.2, -0.15) is 0 Å². The Morgan fingerprint density at radius 2 is 1.88 bits per heavy atom. The van der Waals surface area contributed by atoms with Gasteiger partial charge in [-0.1, -0.05) is 19.3 Å². The van der Waals surface area contributed by atoms with Gasteiger partial charge in [0.05, 0.1) is 0 Å². The molecule has 2 heteroatoms. The zero-order valence-electron chi connectivity index (χ0n) is 11.4. The zero-order chi connectivity index (χ0) is 11.7. The average molecular weight is 236 g/mol. The Bertz CT molecular complexity index is 258. The highest BCUT2D eigenvalue weighted by Crippen LogP contribution is 2.51. The molecule has 3 rings (SSSR count). The van der Waals surface area contributed by atoms with Crippen LogP contribution in [0.5, 0.6) is 0 Å². The van der Waals surface area contributed by atoms with E-state index in [1.807, 2.05) is 0 Å². The summed E-state index contributed by atoms with van der Waals surface area (Å²) in [6, 6.07) is 1.67. The summed E-state index contributed by atoms with van der Waals surface area (Å²) in [5.74, 6) is 0. The third-order valence-corrected chi connectivity index (χ3v) is 5.79. The van der Waals surface area contributed by atoms with E-state index < -0.39 is 0 Å². The molecule has 1 aliphatic heterocycles. The van der Waals surface area contributed by atoms with E-state index in [1.165, 1.54) is 70.9 Å². The summed E-state index contributed by atoms with van der Waals surface area (Å²) in [5.41, 5.74) is 0.732. The largest absolute Gasteiger partial charge is 0.312 e. The Balaban J connectivity index is 1.48. The number of likely N-dealkylation sites (N-methyl/N-ethyl adjacent to an activating group) is 1. The van der Waals surface area contributed by atoms with Gasteiger partial charge in [-0.15, -0.1) is 0 Å². The minimum Gasteiger partial charge on any atom is -0.312 e. The van der Waals surface area contributed by atoms with Crippen molar-refractivity contribution in [2.45, 2.75) is 69.9 Å². The van der Waals surface area contributed by atoms with Crippen molar-refractivity contribution in [1.82, 2.24) is 10.2 Å². The van der Waals surface area contributed by atoms with Crippen molar-refractivity contribution in [3.05, 3.63) is 0 Å². The first-order valence-electron chi connectivity index (χ1n) is 7.74. The van der Waals surface area contributed by atoms with Gasteiger partial charge in [-0.05, 0) is 57.5 Å². The first-order valence-corrected chi connectivity index (χ1v) is 7.74. The second-order valence-electron chi connectivity index (χ2n) is 6.70. The van der Waals surface area contributed by atoms with Crippen LogP contribution in [-0.4, -0.2) is 37.1 Å². The first-order chi connectivity index (χ1) is 8.30. The van der Waals surface area contributed by atoms with E-state index in [4.69, 9.17) is 0 Å². The van der Waals surface area contributed by atoms with E-state index in [2.05, 4.69) is 17.3 Å². The van der Waals surface area contributed by atoms with Crippen LogP contribution in [0.3, 0.4) is 0 Å². The number of nitrogens with zero attached hydrogens (tertiary/aromatic N) is 1. The lowest BCUT2D eigenvalue weighted by Crippen LogP contribution is -2.56. The zero-order valence-corrected chi connectivity index (χ0v) is 11.4. The standard InChI is InChI=1S/C15H28N2/c1-17-11-5-6-13(17)12-16-14-7-10-15(14)8-3-2-4-9-15/h13-14,16H,2-12H2,1H3. The van der Waals surface area contributed by atoms with Crippen molar-refractivity contribution in [3.63, 3.8) is 0 Å². The molecule has 1 spiro atoms. The van der Waals surface area contributed by atoms with E-state index in [1.54, 1.807) is 0 Å². The fourth-order valence-corrected chi connectivity index (χ4v) is 4.39. The lowest BCUT2D eigenvalue weighted by Gasteiger charge is -2.53. The van der Waals surface area contributed by atoms with E-state index >= 15 is 0 Å². The van der Waals surface area contributed by atoms with E-state index in [-0.39, 0.29) is 0 Å². The number of hydrogen-bond donors (Lipinski definition) is 1. The van der Waals surface area contributed by atoms with Crippen LogP contribution >= 0.6 is 0 Å². The quantitative estimate of drug-likeness (QED) is 0.810. The highest BCUT2D eigenvalue weighted by molar-refractivity contribution is 5.02. The van der Waals surface area contributed by atoms with Crippen LogP contribution < -0.4 is 5.32 Å². The van der Waals surface area contributed by atoms with E-state index in [9.17, 15) is 0 Å². The molecular weight excluding hydrogens is 208 g/mol. The molecule has 2 saturated carbocycles. The number of hydrogen-bond acceptors (Lipinski definition) is 2.